The van der Waals surface area contributed by atoms with Gasteiger partial charge >= 0.3 is 0 Å². The van der Waals surface area contributed by atoms with Crippen molar-refractivity contribution in [3.05, 3.63) is 23.4 Å². The summed E-state index contributed by atoms with van der Waals surface area (Å²) in [6.07, 6.45) is 0.961. The summed E-state index contributed by atoms with van der Waals surface area (Å²) in [7, 11) is 0. The number of hydrogen-bond donors (Lipinski definition) is 1. The van der Waals surface area contributed by atoms with Gasteiger partial charge in [0.2, 0.25) is 0 Å². The third kappa shape index (κ3) is 1.55. The number of fused-ring (bicyclic) bond motifs is 1. The molecule has 0 atom stereocenters. The second-order valence-corrected chi connectivity index (χ2v) is 3.86. The highest BCUT2D eigenvalue weighted by Gasteiger charge is 2.16. The number of aromatic nitrogens is 1. The maximum atomic E-state index is 5.61. The van der Waals surface area contributed by atoms with Crippen LogP contribution < -0.4 is 11.2 Å². The molecule has 0 spiro atoms. The van der Waals surface area contributed by atoms with Crippen molar-refractivity contribution in [2.24, 2.45) is 16.8 Å². The third-order valence-corrected chi connectivity index (χ3v) is 2.08. The number of nitrogens with two attached hydrogens (primary N) is 1. The minimum atomic E-state index is 0.462. The van der Waals surface area contributed by atoms with Gasteiger partial charge in [-0.1, -0.05) is 13.8 Å². The summed E-state index contributed by atoms with van der Waals surface area (Å²) >= 11 is 0. The van der Waals surface area contributed by atoms with Crippen LogP contribution in [-0.2, 0) is 6.42 Å². The van der Waals surface area contributed by atoms with Crippen LogP contribution in [0.5, 0.6) is 0 Å². The average molecular weight is 189 g/mol. The average Bonchev–Trinajstić information content (AvgIpc) is 2.46. The fraction of sp³-hybridized carbons (Fsp3) is 0.400. The first-order valence-electron chi connectivity index (χ1n) is 4.71. The van der Waals surface area contributed by atoms with Crippen LogP contribution in [0.2, 0.25) is 0 Å². The molecule has 0 unspecified atom stereocenters. The molecule has 2 heterocycles. The second kappa shape index (κ2) is 3.29. The van der Waals surface area contributed by atoms with E-state index in [2.05, 4.69) is 29.4 Å². The molecular formula is C10H13N4. The van der Waals surface area contributed by atoms with Crippen molar-refractivity contribution in [2.45, 2.75) is 20.3 Å². The van der Waals surface area contributed by atoms with Crippen LogP contribution in [0.3, 0.4) is 0 Å². The van der Waals surface area contributed by atoms with Crippen molar-refractivity contribution < 1.29 is 0 Å². The summed E-state index contributed by atoms with van der Waals surface area (Å²) in [6, 6.07) is 3.93. The van der Waals surface area contributed by atoms with Gasteiger partial charge in [0.25, 0.3) is 0 Å². The summed E-state index contributed by atoms with van der Waals surface area (Å²) in [6.45, 7) is 4.33. The first-order chi connectivity index (χ1) is 6.66. The molecule has 0 fully saturated rings. The van der Waals surface area contributed by atoms with Crippen LogP contribution in [0.4, 0.5) is 5.82 Å². The zero-order valence-electron chi connectivity index (χ0n) is 8.36. The molecule has 2 N–H and O–H groups in total. The molecular weight excluding hydrogens is 176 g/mol. The van der Waals surface area contributed by atoms with Crippen LogP contribution >= 0.6 is 0 Å². The smallest absolute Gasteiger partial charge is 0.185 e. The van der Waals surface area contributed by atoms with E-state index >= 15 is 0 Å². The van der Waals surface area contributed by atoms with E-state index in [0.717, 1.165) is 17.7 Å². The maximum Gasteiger partial charge on any atom is 0.185 e. The number of nitrogens with zero attached hydrogens (tertiary/aromatic N) is 3. The lowest BCUT2D eigenvalue weighted by atomic mass is 10.1. The first-order valence-corrected chi connectivity index (χ1v) is 4.71. The predicted octanol–water partition coefficient (Wildman–Crippen LogP) is 1.15. The molecule has 4 nitrogen and oxygen atoms in total. The Balaban J connectivity index is 2.26. The Morgan fingerprint density at radius 3 is 2.86 bits per heavy atom. The van der Waals surface area contributed by atoms with Crippen molar-refractivity contribution in [2.75, 3.05) is 0 Å². The van der Waals surface area contributed by atoms with E-state index in [1.165, 1.54) is 0 Å². The molecule has 0 amide bonds. The van der Waals surface area contributed by atoms with E-state index in [-0.39, 0.29) is 0 Å². The highest BCUT2D eigenvalue weighted by molar-refractivity contribution is 6.03. The van der Waals surface area contributed by atoms with Crippen LogP contribution in [0.1, 0.15) is 25.1 Å². The van der Waals surface area contributed by atoms with Crippen molar-refractivity contribution in [3.8, 4) is 0 Å². The maximum absolute atomic E-state index is 5.61. The lowest BCUT2D eigenvalue weighted by Crippen LogP contribution is -2.10. The van der Waals surface area contributed by atoms with E-state index in [1.807, 2.05) is 12.1 Å². The Labute approximate surface area is 83.2 Å². The Kier molecular flexibility index (Phi) is 2.11. The van der Waals surface area contributed by atoms with E-state index in [4.69, 9.17) is 5.73 Å². The van der Waals surface area contributed by atoms with Gasteiger partial charge in [0.1, 0.15) is 0 Å². The summed E-state index contributed by atoms with van der Waals surface area (Å²) in [4.78, 5) is 4.38. The molecule has 2 rings (SSSR count). The Morgan fingerprint density at radius 2 is 2.14 bits per heavy atom. The van der Waals surface area contributed by atoms with Gasteiger partial charge in [-0.2, -0.15) is 0 Å². The number of hydrogen-bond acceptors (Lipinski definition) is 3. The molecule has 0 saturated carbocycles. The van der Waals surface area contributed by atoms with Crippen molar-refractivity contribution in [3.63, 3.8) is 0 Å². The molecule has 1 radical (unpaired) electrons. The SMILES string of the molecule is CC(C)Cc1ccc2c(n1)[N]N=C2N. The highest BCUT2D eigenvalue weighted by Crippen LogP contribution is 2.19. The molecule has 0 aliphatic carbocycles. The van der Waals surface area contributed by atoms with Gasteiger partial charge in [-0.15, -0.1) is 10.5 Å². The molecule has 4 heteroatoms. The fourth-order valence-electron chi connectivity index (χ4n) is 1.45. The minimum absolute atomic E-state index is 0.462. The first kappa shape index (κ1) is 8.99. The lowest BCUT2D eigenvalue weighted by Gasteiger charge is -2.04. The van der Waals surface area contributed by atoms with Gasteiger partial charge < -0.3 is 5.73 Å². The summed E-state index contributed by atoms with van der Waals surface area (Å²) < 4.78 is 0. The molecule has 1 aromatic rings. The van der Waals surface area contributed by atoms with Gasteiger partial charge in [0, 0.05) is 5.69 Å². The predicted molar refractivity (Wildman–Crippen MR) is 55.3 cm³/mol. The normalized spacial score (nSPS) is 13.8. The summed E-state index contributed by atoms with van der Waals surface area (Å²) in [5.74, 6) is 1.71. The quantitative estimate of drug-likeness (QED) is 0.758. The van der Waals surface area contributed by atoms with Crippen LogP contribution in [0.25, 0.3) is 0 Å². The largest absolute Gasteiger partial charge is 0.382 e. The van der Waals surface area contributed by atoms with Gasteiger partial charge in [0.05, 0.1) is 5.56 Å². The van der Waals surface area contributed by atoms with Crippen LogP contribution in [0.15, 0.2) is 17.2 Å². The monoisotopic (exact) mass is 189 g/mol. The van der Waals surface area contributed by atoms with E-state index in [9.17, 15) is 0 Å². The van der Waals surface area contributed by atoms with Gasteiger partial charge in [-0.3, -0.25) is 0 Å². The summed E-state index contributed by atoms with van der Waals surface area (Å²) in [5, 5.41) is 3.78. The van der Waals surface area contributed by atoms with Crippen LogP contribution in [0, 0.1) is 5.92 Å². The fourth-order valence-corrected chi connectivity index (χ4v) is 1.45. The molecule has 73 valence electrons. The number of rotatable bonds is 2. The van der Waals surface area contributed by atoms with Gasteiger partial charge in [-0.25, -0.2) is 4.98 Å². The number of amidine groups is 1. The van der Waals surface area contributed by atoms with Crippen molar-refractivity contribution >= 4 is 11.7 Å². The molecule has 1 aliphatic rings. The minimum Gasteiger partial charge on any atom is -0.382 e. The van der Waals surface area contributed by atoms with Crippen LogP contribution in [-0.4, -0.2) is 10.8 Å². The summed E-state index contributed by atoms with van der Waals surface area (Å²) in [5.41, 5.74) is 11.4. The zero-order valence-corrected chi connectivity index (χ0v) is 8.36. The molecule has 0 saturated heterocycles. The topological polar surface area (TPSA) is 65.4 Å². The Morgan fingerprint density at radius 1 is 1.36 bits per heavy atom. The van der Waals surface area contributed by atoms with E-state index in [0.29, 0.717) is 17.6 Å². The molecule has 1 aliphatic heterocycles. The Bertz CT molecular complexity index is 382. The zero-order chi connectivity index (χ0) is 10.1. The van der Waals surface area contributed by atoms with E-state index < -0.39 is 0 Å². The van der Waals surface area contributed by atoms with Crippen molar-refractivity contribution in [1.29, 1.82) is 0 Å². The molecule has 1 aromatic heterocycles. The molecule has 14 heavy (non-hydrogen) atoms. The molecule has 0 bridgehead atoms. The van der Waals surface area contributed by atoms with Gasteiger partial charge in [-0.05, 0) is 24.5 Å². The van der Waals surface area contributed by atoms with E-state index in [1.54, 1.807) is 0 Å². The Hall–Kier alpha value is -1.58. The second-order valence-electron chi connectivity index (χ2n) is 3.86. The third-order valence-electron chi connectivity index (χ3n) is 2.08. The van der Waals surface area contributed by atoms with Crippen molar-refractivity contribution in [1.82, 2.24) is 10.4 Å². The number of pyridine rings is 1. The van der Waals surface area contributed by atoms with Gasteiger partial charge in [0.15, 0.2) is 11.7 Å². The lowest BCUT2D eigenvalue weighted by molar-refractivity contribution is 0.634. The standard InChI is InChI=1S/C10H13N4/c1-6(2)5-7-3-4-8-9(11)13-14-10(8)12-7/h3-4,6H,5H2,1-2H3,(H2,11,13). The highest BCUT2D eigenvalue weighted by atomic mass is 15.4. The molecule has 0 aromatic carbocycles.